The number of aromatic nitrogens is 1. The summed E-state index contributed by atoms with van der Waals surface area (Å²) >= 11 is 4.76. The number of hydrogen-bond acceptors (Lipinski definition) is 8. The molecule has 0 unspecified atom stereocenters. The van der Waals surface area contributed by atoms with Crippen molar-refractivity contribution in [2.45, 2.75) is 26.5 Å². The smallest absolute Gasteiger partial charge is 0.338 e. The molecule has 0 saturated carbocycles. The van der Waals surface area contributed by atoms with Gasteiger partial charge in [-0.25, -0.2) is 14.6 Å². The summed E-state index contributed by atoms with van der Waals surface area (Å²) in [5.74, 6) is -0.253. The summed E-state index contributed by atoms with van der Waals surface area (Å²) in [4.78, 5) is 43.1. The van der Waals surface area contributed by atoms with Crippen LogP contribution in [0, 0.1) is 0 Å². The van der Waals surface area contributed by atoms with E-state index in [-0.39, 0.29) is 24.3 Å². The number of thiazole rings is 1. The van der Waals surface area contributed by atoms with Crippen LogP contribution >= 0.6 is 27.3 Å². The topological polar surface area (TPSA) is 116 Å². The van der Waals surface area contributed by atoms with Crippen LogP contribution in [0.3, 0.4) is 0 Å². The lowest BCUT2D eigenvalue weighted by Crippen LogP contribution is -2.39. The highest BCUT2D eigenvalue weighted by Gasteiger charge is 2.33. The predicted molar refractivity (Wildman–Crippen MR) is 165 cm³/mol. The minimum atomic E-state index is -0.977. The number of nitrogens with zero attached hydrogens (tertiary/aromatic N) is 2. The minimum Gasteiger partial charge on any atom is -0.496 e. The lowest BCUT2D eigenvalue weighted by molar-refractivity contribution is -0.139. The fourth-order valence-corrected chi connectivity index (χ4v) is 6.29. The average molecular weight is 664 g/mol. The zero-order valence-electron chi connectivity index (χ0n) is 23.5. The molecule has 0 radical (unpaired) electrons. The Hall–Kier alpha value is -4.48. The van der Waals surface area contributed by atoms with E-state index >= 15 is 0 Å². The SMILES string of the molecule is CCOC(=O)C1=C(C)N=c2s/c(=C/c3ccc(OCc4ccc(C(=O)O)cc4)cc3)c(=O)n2[C@@H]1c1ccc(OC)c(Br)c1. The molecule has 1 atom stereocenters. The number of carboxylic acids is 1. The Morgan fingerprint density at radius 1 is 1.09 bits per heavy atom. The van der Waals surface area contributed by atoms with Gasteiger partial charge in [0, 0.05) is 0 Å². The Kier molecular flexibility index (Phi) is 8.93. The molecule has 1 aliphatic rings. The summed E-state index contributed by atoms with van der Waals surface area (Å²) < 4.78 is 19.3. The van der Waals surface area contributed by atoms with Gasteiger partial charge in [-0.1, -0.05) is 41.7 Å². The molecule has 0 amide bonds. The fraction of sp³-hybridized carbons (Fsp3) is 0.188. The molecule has 0 spiro atoms. The van der Waals surface area contributed by atoms with Gasteiger partial charge in [0.15, 0.2) is 4.80 Å². The zero-order chi connectivity index (χ0) is 30.7. The standard InChI is InChI=1S/C32H27BrN2O7S/c1-4-41-31(39)27-18(2)34-32-35(28(27)22-11-14-25(40-3)24(33)16-22)29(36)26(43-32)15-19-7-12-23(13-8-19)42-17-20-5-9-21(10-6-20)30(37)38/h5-16,28H,4,17H2,1-3H3,(H,37,38)/b26-15+/t28-/m1/s1. The summed E-state index contributed by atoms with van der Waals surface area (Å²) in [6.45, 7) is 3.95. The molecule has 3 aromatic carbocycles. The molecule has 0 bridgehead atoms. The van der Waals surface area contributed by atoms with Gasteiger partial charge in [0.25, 0.3) is 5.56 Å². The zero-order valence-corrected chi connectivity index (χ0v) is 25.9. The lowest BCUT2D eigenvalue weighted by atomic mass is 9.96. The Morgan fingerprint density at radius 2 is 1.81 bits per heavy atom. The van der Waals surface area contributed by atoms with Gasteiger partial charge in [0.1, 0.15) is 18.1 Å². The van der Waals surface area contributed by atoms with Crippen LogP contribution in [0.4, 0.5) is 0 Å². The molecule has 1 N–H and O–H groups in total. The first-order chi connectivity index (χ1) is 20.7. The number of hydrogen-bond donors (Lipinski definition) is 1. The van der Waals surface area contributed by atoms with Crippen molar-refractivity contribution in [3.8, 4) is 11.5 Å². The number of rotatable bonds is 9. The summed E-state index contributed by atoms with van der Waals surface area (Å²) in [6.07, 6.45) is 1.78. The number of aromatic carboxylic acids is 1. The molecule has 2 heterocycles. The molecule has 1 aromatic heterocycles. The quantitative estimate of drug-likeness (QED) is 0.255. The highest BCUT2D eigenvalue weighted by Crippen LogP contribution is 2.35. The second kappa shape index (κ2) is 12.8. The summed E-state index contributed by atoms with van der Waals surface area (Å²) in [5, 5.41) is 9.05. The number of carbonyl (C=O) groups excluding carboxylic acids is 1. The number of fused-ring (bicyclic) bond motifs is 1. The maximum absolute atomic E-state index is 13.8. The van der Waals surface area contributed by atoms with Crippen molar-refractivity contribution in [1.82, 2.24) is 4.57 Å². The maximum atomic E-state index is 13.8. The minimum absolute atomic E-state index is 0.190. The second-order valence-electron chi connectivity index (χ2n) is 9.56. The van der Waals surface area contributed by atoms with E-state index in [0.29, 0.717) is 42.1 Å². The molecule has 0 saturated heterocycles. The van der Waals surface area contributed by atoms with E-state index in [1.54, 1.807) is 57.4 Å². The van der Waals surface area contributed by atoms with Gasteiger partial charge in [-0.05, 0) is 88.9 Å². The largest absolute Gasteiger partial charge is 0.496 e. The van der Waals surface area contributed by atoms with Crippen molar-refractivity contribution in [2.24, 2.45) is 4.99 Å². The second-order valence-corrected chi connectivity index (χ2v) is 11.4. The Bertz CT molecular complexity index is 1910. The molecule has 0 fully saturated rings. The number of methoxy groups -OCH3 is 1. The van der Waals surface area contributed by atoms with Crippen LogP contribution < -0.4 is 24.4 Å². The van der Waals surface area contributed by atoms with Gasteiger partial charge in [-0.15, -0.1) is 0 Å². The Balaban J connectivity index is 1.47. The third kappa shape index (κ3) is 6.32. The van der Waals surface area contributed by atoms with Crippen molar-refractivity contribution in [2.75, 3.05) is 13.7 Å². The van der Waals surface area contributed by atoms with Gasteiger partial charge in [0.05, 0.1) is 45.6 Å². The van der Waals surface area contributed by atoms with Crippen LogP contribution in [-0.4, -0.2) is 35.3 Å². The van der Waals surface area contributed by atoms with E-state index in [4.69, 9.17) is 19.3 Å². The van der Waals surface area contributed by atoms with E-state index < -0.39 is 18.0 Å². The number of carbonyl (C=O) groups is 2. The van der Waals surface area contributed by atoms with Crippen LogP contribution in [0.1, 0.15) is 46.9 Å². The number of esters is 1. The Labute approximate surface area is 259 Å². The van der Waals surface area contributed by atoms with Crippen LogP contribution in [-0.2, 0) is 16.1 Å². The summed E-state index contributed by atoms with van der Waals surface area (Å²) in [7, 11) is 1.57. The van der Waals surface area contributed by atoms with E-state index in [9.17, 15) is 14.4 Å². The molecule has 43 heavy (non-hydrogen) atoms. The van der Waals surface area contributed by atoms with Crippen LogP contribution in [0.5, 0.6) is 11.5 Å². The molecular weight excluding hydrogens is 636 g/mol. The van der Waals surface area contributed by atoms with E-state index in [0.717, 1.165) is 11.1 Å². The normalized spacial score (nSPS) is 14.6. The summed E-state index contributed by atoms with van der Waals surface area (Å²) in [6, 6.07) is 18.5. The van der Waals surface area contributed by atoms with Crippen molar-refractivity contribution in [3.63, 3.8) is 0 Å². The monoisotopic (exact) mass is 662 g/mol. The van der Waals surface area contributed by atoms with Gasteiger partial charge >= 0.3 is 11.9 Å². The van der Waals surface area contributed by atoms with E-state index in [2.05, 4.69) is 20.9 Å². The molecule has 9 nitrogen and oxygen atoms in total. The number of benzene rings is 3. The molecule has 4 aromatic rings. The summed E-state index contributed by atoms with van der Waals surface area (Å²) in [5.41, 5.74) is 3.06. The highest BCUT2D eigenvalue weighted by molar-refractivity contribution is 9.10. The number of halogens is 1. The first-order valence-electron chi connectivity index (χ1n) is 13.3. The highest BCUT2D eigenvalue weighted by atomic mass is 79.9. The Morgan fingerprint density at radius 3 is 2.44 bits per heavy atom. The molecule has 0 aliphatic carbocycles. The third-order valence-electron chi connectivity index (χ3n) is 6.79. The van der Waals surface area contributed by atoms with Crippen LogP contribution in [0.25, 0.3) is 6.08 Å². The van der Waals surface area contributed by atoms with E-state index in [1.807, 2.05) is 24.3 Å². The average Bonchev–Trinajstić information content (AvgIpc) is 3.30. The molecule has 5 rings (SSSR count). The molecular formula is C32H27BrN2O7S. The lowest BCUT2D eigenvalue weighted by Gasteiger charge is -2.25. The number of ether oxygens (including phenoxy) is 3. The van der Waals surface area contributed by atoms with E-state index in [1.165, 1.54) is 28.0 Å². The van der Waals surface area contributed by atoms with Crippen molar-refractivity contribution in [1.29, 1.82) is 0 Å². The predicted octanol–water partition coefficient (Wildman–Crippen LogP) is 4.85. The molecule has 1 aliphatic heterocycles. The van der Waals surface area contributed by atoms with Crippen LogP contribution in [0.15, 0.2) is 92.3 Å². The van der Waals surface area contributed by atoms with Gasteiger partial charge in [0.2, 0.25) is 0 Å². The van der Waals surface area contributed by atoms with Crippen molar-refractivity contribution < 1.29 is 28.9 Å². The third-order valence-corrected chi connectivity index (χ3v) is 8.40. The first kappa shape index (κ1) is 30.0. The van der Waals surface area contributed by atoms with Crippen molar-refractivity contribution >= 4 is 45.3 Å². The maximum Gasteiger partial charge on any atom is 0.338 e. The van der Waals surface area contributed by atoms with Crippen LogP contribution in [0.2, 0.25) is 0 Å². The molecule has 11 heteroatoms. The van der Waals surface area contributed by atoms with Gasteiger partial charge in [-0.3, -0.25) is 9.36 Å². The number of carboxylic acid groups (broad SMARTS) is 1. The van der Waals surface area contributed by atoms with Gasteiger partial charge < -0.3 is 19.3 Å². The first-order valence-corrected chi connectivity index (χ1v) is 14.9. The van der Waals surface area contributed by atoms with Gasteiger partial charge in [-0.2, -0.15) is 0 Å². The number of allylic oxidation sites excluding steroid dienone is 1. The fourth-order valence-electron chi connectivity index (χ4n) is 4.68. The van der Waals surface area contributed by atoms with Crippen molar-refractivity contribution in [3.05, 3.63) is 124 Å². The molecule has 220 valence electrons.